The van der Waals surface area contributed by atoms with Crippen molar-refractivity contribution in [2.75, 3.05) is 26.0 Å². The van der Waals surface area contributed by atoms with Crippen molar-refractivity contribution >= 4 is 27.5 Å². The van der Waals surface area contributed by atoms with Gasteiger partial charge >= 0.3 is 0 Å². The summed E-state index contributed by atoms with van der Waals surface area (Å²) >= 11 is 3.31. The molecule has 94 valence electrons. The van der Waals surface area contributed by atoms with Gasteiger partial charge in [-0.1, -0.05) is 6.07 Å². The number of unbranched alkanes of at least 4 members (excludes halogenated alkanes) is 1. The second-order valence-electron chi connectivity index (χ2n) is 3.66. The van der Waals surface area contributed by atoms with Gasteiger partial charge in [-0.2, -0.15) is 0 Å². The van der Waals surface area contributed by atoms with E-state index in [1.54, 1.807) is 25.3 Å². The number of methoxy groups -OCH3 is 1. The largest absolute Gasteiger partial charge is 0.398 e. The Morgan fingerprint density at radius 2 is 2.24 bits per heavy atom. The summed E-state index contributed by atoms with van der Waals surface area (Å²) in [4.78, 5) is 11.8. The third kappa shape index (κ3) is 4.36. The van der Waals surface area contributed by atoms with E-state index < -0.39 is 0 Å². The predicted molar refractivity (Wildman–Crippen MR) is 72.0 cm³/mol. The zero-order valence-corrected chi connectivity index (χ0v) is 11.4. The minimum atomic E-state index is -0.110. The summed E-state index contributed by atoms with van der Waals surface area (Å²) in [6, 6.07) is 5.25. The van der Waals surface area contributed by atoms with Crippen molar-refractivity contribution < 1.29 is 9.53 Å². The van der Waals surface area contributed by atoms with Gasteiger partial charge in [0.1, 0.15) is 0 Å². The van der Waals surface area contributed by atoms with Crippen LogP contribution in [0.5, 0.6) is 0 Å². The normalized spacial score (nSPS) is 10.2. The van der Waals surface area contributed by atoms with E-state index in [4.69, 9.17) is 10.5 Å². The molecule has 5 heteroatoms. The molecule has 0 saturated heterocycles. The Bertz CT molecular complexity index is 383. The summed E-state index contributed by atoms with van der Waals surface area (Å²) in [6.45, 7) is 1.36. The number of carbonyl (C=O) groups excluding carboxylic acids is 1. The quantitative estimate of drug-likeness (QED) is 0.625. The Morgan fingerprint density at radius 3 is 2.94 bits per heavy atom. The van der Waals surface area contributed by atoms with Gasteiger partial charge in [0, 0.05) is 25.9 Å². The highest BCUT2D eigenvalue weighted by molar-refractivity contribution is 9.10. The van der Waals surface area contributed by atoms with Crippen LogP contribution in [0.25, 0.3) is 0 Å². The third-order valence-electron chi connectivity index (χ3n) is 2.33. The number of nitrogens with one attached hydrogen (secondary N) is 1. The van der Waals surface area contributed by atoms with Crippen LogP contribution in [0, 0.1) is 0 Å². The number of nitrogens with two attached hydrogens (primary N) is 1. The summed E-state index contributed by atoms with van der Waals surface area (Å²) in [6.07, 6.45) is 1.84. The number of ether oxygens (including phenoxy) is 1. The number of halogens is 1. The molecule has 1 aromatic rings. The van der Waals surface area contributed by atoms with Gasteiger partial charge in [-0.15, -0.1) is 0 Å². The van der Waals surface area contributed by atoms with E-state index in [1.807, 2.05) is 0 Å². The molecule has 0 saturated carbocycles. The minimum absolute atomic E-state index is 0.110. The highest BCUT2D eigenvalue weighted by Gasteiger charge is 2.10. The van der Waals surface area contributed by atoms with Gasteiger partial charge in [-0.3, -0.25) is 4.79 Å². The van der Waals surface area contributed by atoms with Crippen molar-refractivity contribution in [1.82, 2.24) is 5.32 Å². The molecular weight excluding hydrogens is 284 g/mol. The first-order valence-electron chi connectivity index (χ1n) is 5.48. The first-order chi connectivity index (χ1) is 8.16. The Hall–Kier alpha value is -1.07. The average Bonchev–Trinajstić information content (AvgIpc) is 2.32. The maximum atomic E-state index is 11.8. The Balaban J connectivity index is 2.44. The first kappa shape index (κ1) is 14.0. The van der Waals surface area contributed by atoms with E-state index in [9.17, 15) is 4.79 Å². The number of amides is 1. The Kier molecular flexibility index (Phi) is 6.00. The molecule has 0 aliphatic carbocycles. The second-order valence-corrected chi connectivity index (χ2v) is 4.46. The fourth-order valence-corrected chi connectivity index (χ4v) is 1.84. The van der Waals surface area contributed by atoms with Crippen LogP contribution < -0.4 is 11.1 Å². The van der Waals surface area contributed by atoms with E-state index >= 15 is 0 Å². The molecule has 0 radical (unpaired) electrons. The zero-order chi connectivity index (χ0) is 12.7. The van der Waals surface area contributed by atoms with E-state index in [0.29, 0.717) is 22.3 Å². The standard InChI is InChI=1S/C12H17BrN2O2/c1-17-8-3-2-7-15-12(16)9-5-4-6-10(14)11(9)13/h4-6H,2-3,7-8,14H2,1H3,(H,15,16). The molecule has 0 atom stereocenters. The SMILES string of the molecule is COCCCCNC(=O)c1cccc(N)c1Br. The molecule has 0 fully saturated rings. The number of nitrogen functional groups attached to an aromatic ring is 1. The van der Waals surface area contributed by atoms with Crippen LogP contribution >= 0.6 is 15.9 Å². The number of carbonyl (C=O) groups is 1. The van der Waals surface area contributed by atoms with Crippen LogP contribution in [0.1, 0.15) is 23.2 Å². The fourth-order valence-electron chi connectivity index (χ4n) is 1.39. The topological polar surface area (TPSA) is 64.3 Å². The van der Waals surface area contributed by atoms with Crippen molar-refractivity contribution in [3.63, 3.8) is 0 Å². The van der Waals surface area contributed by atoms with Gasteiger partial charge in [0.15, 0.2) is 0 Å². The molecule has 3 N–H and O–H groups in total. The van der Waals surface area contributed by atoms with Gasteiger partial charge in [0.25, 0.3) is 5.91 Å². The third-order valence-corrected chi connectivity index (χ3v) is 3.22. The number of anilines is 1. The maximum absolute atomic E-state index is 11.8. The lowest BCUT2D eigenvalue weighted by Gasteiger charge is -2.08. The zero-order valence-electron chi connectivity index (χ0n) is 9.83. The molecular formula is C12H17BrN2O2. The Labute approximate surface area is 110 Å². The van der Waals surface area contributed by atoms with Gasteiger partial charge in [0.05, 0.1) is 10.0 Å². The number of benzene rings is 1. The van der Waals surface area contributed by atoms with Gasteiger partial charge in [0.2, 0.25) is 0 Å². The molecule has 0 aliphatic rings. The van der Waals surface area contributed by atoms with E-state index in [2.05, 4.69) is 21.2 Å². The lowest BCUT2D eigenvalue weighted by Crippen LogP contribution is -2.25. The van der Waals surface area contributed by atoms with Crippen molar-refractivity contribution in [2.45, 2.75) is 12.8 Å². The smallest absolute Gasteiger partial charge is 0.252 e. The van der Waals surface area contributed by atoms with E-state index in [0.717, 1.165) is 19.4 Å². The van der Waals surface area contributed by atoms with Crippen molar-refractivity contribution in [2.24, 2.45) is 0 Å². The highest BCUT2D eigenvalue weighted by atomic mass is 79.9. The van der Waals surface area contributed by atoms with Crippen LogP contribution in [0.4, 0.5) is 5.69 Å². The molecule has 0 heterocycles. The van der Waals surface area contributed by atoms with Gasteiger partial charge in [-0.25, -0.2) is 0 Å². The van der Waals surface area contributed by atoms with Crippen molar-refractivity contribution in [1.29, 1.82) is 0 Å². The lowest BCUT2D eigenvalue weighted by atomic mass is 10.2. The summed E-state index contributed by atoms with van der Waals surface area (Å²) < 4.78 is 5.58. The summed E-state index contributed by atoms with van der Waals surface area (Å²) in [5.74, 6) is -0.110. The predicted octanol–water partition coefficient (Wildman–Crippen LogP) is 2.19. The van der Waals surface area contributed by atoms with E-state index in [-0.39, 0.29) is 5.91 Å². The van der Waals surface area contributed by atoms with Crippen molar-refractivity contribution in [3.05, 3.63) is 28.2 Å². The summed E-state index contributed by atoms with van der Waals surface area (Å²) in [7, 11) is 1.67. The molecule has 0 bridgehead atoms. The summed E-state index contributed by atoms with van der Waals surface area (Å²) in [5, 5.41) is 2.85. The monoisotopic (exact) mass is 300 g/mol. The molecule has 1 aromatic carbocycles. The molecule has 0 spiro atoms. The maximum Gasteiger partial charge on any atom is 0.252 e. The summed E-state index contributed by atoms with van der Waals surface area (Å²) in [5.41, 5.74) is 6.84. The van der Waals surface area contributed by atoms with Crippen LogP contribution in [0.15, 0.2) is 22.7 Å². The minimum Gasteiger partial charge on any atom is -0.398 e. The number of hydrogen-bond donors (Lipinski definition) is 2. The highest BCUT2D eigenvalue weighted by Crippen LogP contribution is 2.23. The van der Waals surface area contributed by atoms with Crippen LogP contribution in [-0.4, -0.2) is 26.2 Å². The molecule has 0 aliphatic heterocycles. The molecule has 1 rings (SSSR count). The Morgan fingerprint density at radius 1 is 1.47 bits per heavy atom. The van der Waals surface area contributed by atoms with Gasteiger partial charge < -0.3 is 15.8 Å². The van der Waals surface area contributed by atoms with Crippen LogP contribution in [-0.2, 0) is 4.74 Å². The number of hydrogen-bond acceptors (Lipinski definition) is 3. The van der Waals surface area contributed by atoms with Crippen molar-refractivity contribution in [3.8, 4) is 0 Å². The second kappa shape index (κ2) is 7.29. The van der Waals surface area contributed by atoms with Crippen LogP contribution in [0.3, 0.4) is 0 Å². The molecule has 0 unspecified atom stereocenters. The lowest BCUT2D eigenvalue weighted by molar-refractivity contribution is 0.0950. The molecule has 17 heavy (non-hydrogen) atoms. The average molecular weight is 301 g/mol. The molecule has 1 amide bonds. The van der Waals surface area contributed by atoms with Crippen LogP contribution in [0.2, 0.25) is 0 Å². The van der Waals surface area contributed by atoms with E-state index in [1.165, 1.54) is 0 Å². The first-order valence-corrected chi connectivity index (χ1v) is 6.27. The molecule has 0 aromatic heterocycles. The molecule has 4 nitrogen and oxygen atoms in total. The fraction of sp³-hybridized carbons (Fsp3) is 0.417. The van der Waals surface area contributed by atoms with Gasteiger partial charge in [-0.05, 0) is 40.9 Å². The number of rotatable bonds is 6.